The summed E-state index contributed by atoms with van der Waals surface area (Å²) < 4.78 is 25.2. The van der Waals surface area contributed by atoms with Gasteiger partial charge in [-0.15, -0.1) is 11.3 Å². The van der Waals surface area contributed by atoms with Gasteiger partial charge >= 0.3 is 0 Å². The average molecular weight is 325 g/mol. The molecule has 21 heavy (non-hydrogen) atoms. The number of nitrogens with zero attached hydrogens (tertiary/aromatic N) is 1. The van der Waals surface area contributed by atoms with Gasteiger partial charge in [0.25, 0.3) is 0 Å². The van der Waals surface area contributed by atoms with Crippen LogP contribution in [0, 0.1) is 0 Å². The molecule has 0 aliphatic heterocycles. The van der Waals surface area contributed by atoms with Gasteiger partial charge in [-0.05, 0) is 13.8 Å². The van der Waals surface area contributed by atoms with Gasteiger partial charge in [0.05, 0.1) is 11.9 Å². The molecule has 114 valence electrons. The van der Waals surface area contributed by atoms with Gasteiger partial charge in [-0.25, -0.2) is 18.1 Å². The number of thiazole rings is 1. The Morgan fingerprint density at radius 3 is 2.52 bits per heavy atom. The molecular weight excluding hydrogens is 306 g/mol. The van der Waals surface area contributed by atoms with Crippen LogP contribution in [0.1, 0.15) is 13.8 Å². The Bertz CT molecular complexity index is 694. The van der Waals surface area contributed by atoms with E-state index in [9.17, 15) is 8.42 Å². The second-order valence-corrected chi connectivity index (χ2v) is 8.12. The first kappa shape index (κ1) is 15.9. The smallest absolute Gasteiger partial charge is 0.209 e. The summed E-state index contributed by atoms with van der Waals surface area (Å²) in [6.07, 6.45) is 1.16. The van der Waals surface area contributed by atoms with Crippen LogP contribution in [0.4, 0.5) is 5.13 Å². The summed E-state index contributed by atoms with van der Waals surface area (Å²) in [5.41, 5.74) is 1.40. The van der Waals surface area contributed by atoms with E-state index in [0.717, 1.165) is 22.6 Å². The van der Waals surface area contributed by atoms with E-state index in [1.807, 2.05) is 49.6 Å². The van der Waals surface area contributed by atoms with Gasteiger partial charge in [0, 0.05) is 23.0 Å². The Kier molecular flexibility index (Phi) is 4.65. The van der Waals surface area contributed by atoms with Gasteiger partial charge in [-0.3, -0.25) is 0 Å². The lowest BCUT2D eigenvalue weighted by molar-refractivity contribution is 0.476. The zero-order chi connectivity index (χ0) is 15.5. The van der Waals surface area contributed by atoms with Gasteiger partial charge < -0.3 is 5.32 Å². The highest BCUT2D eigenvalue weighted by molar-refractivity contribution is 7.88. The van der Waals surface area contributed by atoms with E-state index in [-0.39, 0.29) is 0 Å². The predicted octanol–water partition coefficient (Wildman–Crippen LogP) is 2.55. The summed E-state index contributed by atoms with van der Waals surface area (Å²) in [6.45, 7) is 4.11. The molecule has 0 bridgehead atoms. The van der Waals surface area contributed by atoms with Crippen LogP contribution in [0.5, 0.6) is 0 Å². The van der Waals surface area contributed by atoms with Crippen molar-refractivity contribution in [2.75, 3.05) is 18.1 Å². The van der Waals surface area contributed by atoms with Crippen molar-refractivity contribution in [3.05, 3.63) is 35.7 Å². The van der Waals surface area contributed by atoms with Crippen LogP contribution in [-0.4, -0.2) is 31.7 Å². The number of aromatic nitrogens is 1. The molecule has 0 atom stereocenters. The number of hydrogen-bond acceptors (Lipinski definition) is 5. The number of nitrogens with one attached hydrogen (secondary N) is 2. The fraction of sp³-hybridized carbons (Fsp3) is 0.357. The van der Waals surface area contributed by atoms with Gasteiger partial charge in [-0.2, -0.15) is 0 Å². The standard InChI is InChI=1S/C14H19N3O2S2/c1-14(2,17-21(3,18)19)10-15-13-16-12(9-20-13)11-7-5-4-6-8-11/h4-9,17H,10H2,1-3H3,(H,15,16). The third kappa shape index (κ3) is 5.11. The Morgan fingerprint density at radius 2 is 1.90 bits per heavy atom. The summed E-state index contributed by atoms with van der Waals surface area (Å²) >= 11 is 1.50. The monoisotopic (exact) mass is 325 g/mol. The van der Waals surface area contributed by atoms with E-state index in [1.165, 1.54) is 11.3 Å². The molecule has 0 fully saturated rings. The van der Waals surface area contributed by atoms with Crippen LogP contribution < -0.4 is 10.0 Å². The molecule has 0 amide bonds. The molecule has 5 nitrogen and oxygen atoms in total. The summed E-state index contributed by atoms with van der Waals surface area (Å²) in [4.78, 5) is 4.51. The van der Waals surface area contributed by atoms with Crippen LogP contribution in [0.25, 0.3) is 11.3 Å². The minimum absolute atomic E-state index is 0.460. The van der Waals surface area contributed by atoms with Crippen molar-refractivity contribution in [1.29, 1.82) is 0 Å². The number of hydrogen-bond donors (Lipinski definition) is 2. The zero-order valence-corrected chi connectivity index (χ0v) is 13.9. The van der Waals surface area contributed by atoms with E-state index in [2.05, 4.69) is 15.0 Å². The van der Waals surface area contributed by atoms with Crippen LogP contribution >= 0.6 is 11.3 Å². The van der Waals surface area contributed by atoms with Crippen LogP contribution in [0.3, 0.4) is 0 Å². The highest BCUT2D eigenvalue weighted by Crippen LogP contribution is 2.24. The largest absolute Gasteiger partial charge is 0.360 e. The molecule has 0 spiro atoms. The molecule has 7 heteroatoms. The van der Waals surface area contributed by atoms with Crippen molar-refractivity contribution in [3.63, 3.8) is 0 Å². The number of sulfonamides is 1. The Balaban J connectivity index is 2.00. The van der Waals surface area contributed by atoms with Crippen LogP contribution in [-0.2, 0) is 10.0 Å². The Hall–Kier alpha value is -1.44. The van der Waals surface area contributed by atoms with Crippen molar-refractivity contribution in [3.8, 4) is 11.3 Å². The van der Waals surface area contributed by atoms with Crippen molar-refractivity contribution in [1.82, 2.24) is 9.71 Å². The Morgan fingerprint density at radius 1 is 1.24 bits per heavy atom. The lowest BCUT2D eigenvalue weighted by Gasteiger charge is -2.25. The van der Waals surface area contributed by atoms with Gasteiger partial charge in [0.1, 0.15) is 0 Å². The van der Waals surface area contributed by atoms with E-state index < -0.39 is 15.6 Å². The molecular formula is C14H19N3O2S2. The maximum atomic E-state index is 11.3. The molecule has 1 aromatic carbocycles. The normalized spacial score (nSPS) is 12.3. The summed E-state index contributed by atoms with van der Waals surface area (Å²) in [7, 11) is -3.23. The van der Waals surface area contributed by atoms with E-state index in [4.69, 9.17) is 0 Å². The lowest BCUT2D eigenvalue weighted by atomic mass is 10.1. The van der Waals surface area contributed by atoms with Crippen molar-refractivity contribution in [2.45, 2.75) is 19.4 Å². The predicted molar refractivity (Wildman–Crippen MR) is 88.1 cm³/mol. The molecule has 1 aromatic heterocycles. The molecule has 0 saturated carbocycles. The second-order valence-electron chi connectivity index (χ2n) is 5.52. The molecule has 0 aliphatic rings. The van der Waals surface area contributed by atoms with Gasteiger partial charge in [0.15, 0.2) is 5.13 Å². The fourth-order valence-electron chi connectivity index (χ4n) is 1.93. The SMILES string of the molecule is CC(C)(CNc1nc(-c2ccccc2)cs1)NS(C)(=O)=O. The van der Waals surface area contributed by atoms with Crippen molar-refractivity contribution >= 4 is 26.5 Å². The third-order valence-corrected chi connectivity index (χ3v) is 4.44. The van der Waals surface area contributed by atoms with Crippen molar-refractivity contribution in [2.24, 2.45) is 0 Å². The third-order valence-electron chi connectivity index (χ3n) is 2.72. The number of benzene rings is 1. The minimum Gasteiger partial charge on any atom is -0.360 e. The average Bonchev–Trinajstić information content (AvgIpc) is 2.84. The van der Waals surface area contributed by atoms with Crippen molar-refractivity contribution < 1.29 is 8.42 Å². The first-order valence-electron chi connectivity index (χ1n) is 6.49. The van der Waals surface area contributed by atoms with Gasteiger partial charge in [0.2, 0.25) is 10.0 Å². The first-order valence-corrected chi connectivity index (χ1v) is 9.26. The Labute approximate surface area is 129 Å². The molecule has 0 radical (unpaired) electrons. The molecule has 1 heterocycles. The molecule has 0 aliphatic carbocycles. The quantitative estimate of drug-likeness (QED) is 0.856. The maximum Gasteiger partial charge on any atom is 0.209 e. The topological polar surface area (TPSA) is 71.1 Å². The van der Waals surface area contributed by atoms with Gasteiger partial charge in [-0.1, -0.05) is 30.3 Å². The molecule has 2 aromatic rings. The minimum atomic E-state index is -3.23. The second kappa shape index (κ2) is 6.13. The molecule has 0 saturated heterocycles. The summed E-state index contributed by atoms with van der Waals surface area (Å²) in [5, 5.41) is 5.93. The maximum absolute atomic E-state index is 11.3. The van der Waals surface area contributed by atoms with E-state index in [1.54, 1.807) is 0 Å². The van der Waals surface area contributed by atoms with E-state index >= 15 is 0 Å². The van der Waals surface area contributed by atoms with Crippen LogP contribution in [0.15, 0.2) is 35.7 Å². The van der Waals surface area contributed by atoms with E-state index in [0.29, 0.717) is 6.54 Å². The molecule has 2 rings (SSSR count). The summed E-state index contributed by atoms with van der Waals surface area (Å²) in [6, 6.07) is 9.93. The van der Waals surface area contributed by atoms with Crippen LogP contribution in [0.2, 0.25) is 0 Å². The molecule has 2 N–H and O–H groups in total. The lowest BCUT2D eigenvalue weighted by Crippen LogP contribution is -2.47. The number of rotatable bonds is 6. The first-order chi connectivity index (χ1) is 9.75. The zero-order valence-electron chi connectivity index (χ0n) is 12.3. The highest BCUT2D eigenvalue weighted by Gasteiger charge is 2.22. The highest BCUT2D eigenvalue weighted by atomic mass is 32.2. The number of anilines is 1. The molecule has 0 unspecified atom stereocenters. The summed E-state index contributed by atoms with van der Waals surface area (Å²) in [5.74, 6) is 0. The fourth-order valence-corrected chi connectivity index (χ4v) is 3.73.